The molecular weight excluding hydrogens is 481 g/mol. The van der Waals surface area contributed by atoms with Gasteiger partial charge in [0, 0.05) is 34.1 Å². The molecule has 12 heteroatoms. The summed E-state index contributed by atoms with van der Waals surface area (Å²) in [5, 5.41) is 21.3. The van der Waals surface area contributed by atoms with E-state index in [1.807, 2.05) is 0 Å². The van der Waals surface area contributed by atoms with Crippen LogP contribution in [-0.2, 0) is 11.8 Å². The molecular formula is C18H24N3O4PS4. The third-order valence-electron chi connectivity index (χ3n) is 3.88. The average Bonchev–Trinajstić information content (AvgIpc) is 2.70. The Morgan fingerprint density at radius 1 is 0.833 bits per heavy atom. The van der Waals surface area contributed by atoms with Crippen LogP contribution in [0.5, 0.6) is 0 Å². The molecule has 0 saturated carbocycles. The summed E-state index contributed by atoms with van der Waals surface area (Å²) in [7, 11) is 0. The Kier molecular flexibility index (Phi) is 12.0. The van der Waals surface area contributed by atoms with Crippen LogP contribution in [0, 0.1) is 20.2 Å². The molecule has 0 heterocycles. The number of non-ortho nitro benzene ring substituents is 2. The van der Waals surface area contributed by atoms with Gasteiger partial charge in [-0.2, -0.15) is 0 Å². The molecule has 164 valence electrons. The minimum absolute atomic E-state index is 0.0184. The van der Waals surface area contributed by atoms with Crippen molar-refractivity contribution >= 4 is 61.8 Å². The Balaban J connectivity index is 0.000000553. The molecule has 2 rings (SSSR count). The third-order valence-corrected chi connectivity index (χ3v) is 12.1. The Labute approximate surface area is 195 Å². The number of nitro groups is 2. The van der Waals surface area contributed by atoms with Crippen LogP contribution in [-0.4, -0.2) is 34.4 Å². The lowest BCUT2D eigenvalue weighted by atomic mass is 10.3. The molecule has 7 nitrogen and oxygen atoms in total. The van der Waals surface area contributed by atoms with E-state index in [9.17, 15) is 20.2 Å². The van der Waals surface area contributed by atoms with Gasteiger partial charge in [-0.25, -0.2) is 0 Å². The maximum absolute atomic E-state index is 10.6. The van der Waals surface area contributed by atoms with E-state index in [2.05, 4.69) is 37.9 Å². The molecule has 0 saturated heterocycles. The van der Waals surface area contributed by atoms with Crippen LogP contribution in [0.3, 0.4) is 0 Å². The van der Waals surface area contributed by atoms with Crippen LogP contribution in [0.4, 0.5) is 11.4 Å². The monoisotopic (exact) mass is 505 g/mol. The Bertz CT molecular complexity index is 809. The number of benzene rings is 2. The van der Waals surface area contributed by atoms with E-state index in [0.717, 1.165) is 9.79 Å². The summed E-state index contributed by atoms with van der Waals surface area (Å²) in [6.07, 6.45) is 0. The largest absolute Gasteiger partial charge is 0.304 e. The fraction of sp³-hybridized carbons (Fsp3) is 0.333. The van der Waals surface area contributed by atoms with Gasteiger partial charge in [0.25, 0.3) is 11.4 Å². The van der Waals surface area contributed by atoms with Crippen molar-refractivity contribution < 1.29 is 9.85 Å². The molecule has 0 spiro atoms. The zero-order valence-corrected chi connectivity index (χ0v) is 21.1. The summed E-state index contributed by atoms with van der Waals surface area (Å²) in [5.74, 6) is 0. The molecule has 30 heavy (non-hydrogen) atoms. The fourth-order valence-electron chi connectivity index (χ4n) is 2.21. The van der Waals surface area contributed by atoms with Gasteiger partial charge in [-0.3, -0.25) is 20.2 Å². The molecule has 0 radical (unpaired) electrons. The van der Waals surface area contributed by atoms with E-state index in [1.165, 1.54) is 66.7 Å². The van der Waals surface area contributed by atoms with Crippen LogP contribution >= 0.6 is 38.7 Å². The molecule has 0 aliphatic heterocycles. The van der Waals surface area contributed by atoms with Gasteiger partial charge >= 0.3 is 0 Å². The Morgan fingerprint density at radius 3 is 1.33 bits per heavy atom. The van der Waals surface area contributed by atoms with Gasteiger partial charge < -0.3 is 4.90 Å². The highest BCUT2D eigenvalue weighted by Gasteiger charge is 2.17. The van der Waals surface area contributed by atoms with E-state index in [1.54, 1.807) is 24.3 Å². The Hall–Kier alpha value is -1.10. The number of thiol groups is 1. The summed E-state index contributed by atoms with van der Waals surface area (Å²) in [6.45, 7) is 10.1. The first kappa shape index (κ1) is 26.9. The van der Waals surface area contributed by atoms with Gasteiger partial charge in [0.05, 0.1) is 9.85 Å². The van der Waals surface area contributed by atoms with Crippen molar-refractivity contribution in [3.63, 3.8) is 0 Å². The molecule has 0 bridgehead atoms. The van der Waals surface area contributed by atoms with Gasteiger partial charge in [-0.15, -0.1) is 12.2 Å². The van der Waals surface area contributed by atoms with Gasteiger partial charge in [-0.05, 0) is 43.9 Å². The quantitative estimate of drug-likeness (QED) is 0.171. The van der Waals surface area contributed by atoms with Crippen LogP contribution in [0.15, 0.2) is 58.3 Å². The molecule has 0 amide bonds. The molecule has 0 unspecified atom stereocenters. The predicted molar refractivity (Wildman–Crippen MR) is 135 cm³/mol. The van der Waals surface area contributed by atoms with Crippen molar-refractivity contribution in [1.29, 1.82) is 0 Å². The lowest BCUT2D eigenvalue weighted by Crippen LogP contribution is -2.21. The van der Waals surface area contributed by atoms with E-state index >= 15 is 0 Å². The van der Waals surface area contributed by atoms with Gasteiger partial charge in [-0.1, -0.05) is 55.3 Å². The number of hydrogen-bond acceptors (Lipinski definition) is 8. The number of rotatable bonds is 9. The van der Waals surface area contributed by atoms with Crippen molar-refractivity contribution in [2.24, 2.45) is 0 Å². The second kappa shape index (κ2) is 13.3. The number of hydrogen-bond donors (Lipinski definition) is 1. The van der Waals surface area contributed by atoms with Crippen molar-refractivity contribution in [1.82, 2.24) is 4.90 Å². The van der Waals surface area contributed by atoms with Crippen molar-refractivity contribution in [3.05, 3.63) is 68.8 Å². The third kappa shape index (κ3) is 9.80. The first-order valence-corrected chi connectivity index (χ1v) is 15.8. The molecule has 0 aliphatic rings. The molecule has 2 aromatic rings. The van der Waals surface area contributed by atoms with E-state index < -0.39 is 13.5 Å². The normalized spacial score (nSPS) is 11.0. The smallest absolute Gasteiger partial charge is 0.269 e. The highest BCUT2D eigenvalue weighted by atomic mass is 33.5. The van der Waals surface area contributed by atoms with Gasteiger partial charge in [0.2, 0.25) is 0 Å². The number of nitro benzene ring substituents is 2. The maximum atomic E-state index is 10.6. The molecule has 2 aromatic carbocycles. The minimum atomic E-state index is -2.19. The van der Waals surface area contributed by atoms with Gasteiger partial charge in [0.1, 0.15) is 3.64 Å². The molecule has 0 aromatic heterocycles. The molecule has 0 N–H and O–H groups in total. The van der Waals surface area contributed by atoms with Crippen molar-refractivity contribution in [2.75, 3.05) is 19.6 Å². The average molecular weight is 506 g/mol. The zero-order valence-electron chi connectivity index (χ0n) is 16.8. The summed E-state index contributed by atoms with van der Waals surface area (Å²) >= 11 is 12.8. The summed E-state index contributed by atoms with van der Waals surface area (Å²) in [5.41, 5.74) is 0.0367. The summed E-state index contributed by atoms with van der Waals surface area (Å²) in [6, 6.07) is 12.2. The van der Waals surface area contributed by atoms with Crippen molar-refractivity contribution in [3.8, 4) is 0 Å². The van der Waals surface area contributed by atoms with E-state index in [0.29, 0.717) is 0 Å². The highest BCUT2D eigenvalue weighted by molar-refractivity contribution is 9.20. The van der Waals surface area contributed by atoms with E-state index in [4.69, 9.17) is 11.8 Å². The van der Waals surface area contributed by atoms with Crippen LogP contribution < -0.4 is 0 Å². The summed E-state index contributed by atoms with van der Waals surface area (Å²) < 4.78 is -2.19. The number of nitrogens with zero attached hydrogens (tertiary/aromatic N) is 3. The van der Waals surface area contributed by atoms with Crippen molar-refractivity contribution in [2.45, 2.75) is 30.6 Å². The second-order valence-corrected chi connectivity index (χ2v) is 20.4. The molecule has 0 aliphatic carbocycles. The van der Waals surface area contributed by atoms with Crippen LogP contribution in [0.2, 0.25) is 0 Å². The first-order valence-electron chi connectivity index (χ1n) is 9.05. The standard InChI is InChI=1S/C12H9N2O4PS4.C6H15N/c15-13(16)9-1-5-11(6-2-9)22-19(20,21)23-12-7-3-10(4-8-12)14(17)18;1-4-7(5-2)6-3/h1-8H,(H,20,21);4-6H2,1-3H3. The van der Waals surface area contributed by atoms with Crippen LogP contribution in [0.25, 0.3) is 0 Å². The van der Waals surface area contributed by atoms with Gasteiger partial charge in [0.15, 0.2) is 0 Å². The SMILES string of the molecule is CCN(CC)CC.O=[N+]([O-])c1ccc(SP(=S)(S)Sc2ccc([N+](=O)[O-])cc2)cc1. The minimum Gasteiger partial charge on any atom is -0.304 e. The summed E-state index contributed by atoms with van der Waals surface area (Å²) in [4.78, 5) is 24.3. The lowest BCUT2D eigenvalue weighted by Gasteiger charge is -2.14. The zero-order chi connectivity index (χ0) is 22.7. The highest BCUT2D eigenvalue weighted by Crippen LogP contribution is 2.77. The lowest BCUT2D eigenvalue weighted by molar-refractivity contribution is -0.385. The molecule has 0 atom stereocenters. The topological polar surface area (TPSA) is 89.5 Å². The van der Waals surface area contributed by atoms with E-state index in [-0.39, 0.29) is 11.4 Å². The predicted octanol–water partition coefficient (Wildman–Crippen LogP) is 6.89. The van der Waals surface area contributed by atoms with Crippen LogP contribution in [0.1, 0.15) is 20.8 Å². The fourth-order valence-corrected chi connectivity index (χ4v) is 10.9. The second-order valence-electron chi connectivity index (χ2n) is 5.77. The maximum Gasteiger partial charge on any atom is 0.269 e. The first-order chi connectivity index (χ1) is 14.1. The molecule has 0 fully saturated rings. The Morgan fingerprint density at radius 2 is 1.13 bits per heavy atom.